The average molecular weight is 310 g/mol. The summed E-state index contributed by atoms with van der Waals surface area (Å²) < 4.78 is 5.27. The number of hydrogen-bond donors (Lipinski definition) is 1. The first-order valence-corrected chi connectivity index (χ1v) is 7.85. The molecule has 0 saturated heterocycles. The van der Waals surface area contributed by atoms with Crippen LogP contribution in [0.15, 0.2) is 42.5 Å². The van der Waals surface area contributed by atoms with Crippen LogP contribution in [0.25, 0.3) is 0 Å². The summed E-state index contributed by atoms with van der Waals surface area (Å²) in [6.07, 6.45) is 0.906. The van der Waals surface area contributed by atoms with E-state index in [2.05, 4.69) is 18.2 Å². The third kappa shape index (κ3) is 3.22. The molecule has 0 aliphatic carbocycles. The minimum Gasteiger partial charge on any atom is -0.497 e. The minimum atomic E-state index is -0.205. The lowest BCUT2D eigenvalue weighted by molar-refractivity contribution is -0.129. The van der Waals surface area contributed by atoms with Crippen LogP contribution in [0.1, 0.15) is 35.2 Å². The second-order valence-electron chi connectivity index (χ2n) is 5.97. The highest BCUT2D eigenvalue weighted by Gasteiger charge is 2.19. The largest absolute Gasteiger partial charge is 0.497 e. The first-order chi connectivity index (χ1) is 11.1. The highest BCUT2D eigenvalue weighted by molar-refractivity contribution is 5.73. The molecule has 0 aromatic heterocycles. The molecule has 2 aromatic carbocycles. The zero-order valence-electron chi connectivity index (χ0n) is 13.6. The molecule has 1 atom stereocenters. The Hall–Kier alpha value is -2.33. The van der Waals surface area contributed by atoms with Gasteiger partial charge in [-0.3, -0.25) is 4.79 Å². The van der Waals surface area contributed by atoms with Gasteiger partial charge in [0, 0.05) is 20.0 Å². The third-order valence-electron chi connectivity index (χ3n) is 4.50. The molecule has 0 fully saturated rings. The molecule has 2 aromatic rings. The summed E-state index contributed by atoms with van der Waals surface area (Å²) in [5.74, 6) is 0.928. The quantitative estimate of drug-likeness (QED) is 0.948. The van der Waals surface area contributed by atoms with E-state index in [1.807, 2.05) is 29.2 Å². The van der Waals surface area contributed by atoms with Gasteiger partial charge in [0.15, 0.2) is 0 Å². The molecule has 1 aliphatic heterocycles. The van der Waals surface area contributed by atoms with Crippen molar-refractivity contribution < 1.29 is 9.53 Å². The number of nitrogens with two attached hydrogens (primary N) is 1. The fourth-order valence-electron chi connectivity index (χ4n) is 3.07. The van der Waals surface area contributed by atoms with Crippen molar-refractivity contribution in [3.05, 3.63) is 64.7 Å². The highest BCUT2D eigenvalue weighted by Crippen LogP contribution is 2.27. The Bertz CT molecular complexity index is 727. The van der Waals surface area contributed by atoms with Crippen molar-refractivity contribution in [3.8, 4) is 5.75 Å². The summed E-state index contributed by atoms with van der Waals surface area (Å²) in [5.41, 5.74) is 11.0. The van der Waals surface area contributed by atoms with Gasteiger partial charge in [0.2, 0.25) is 5.91 Å². The molecule has 1 aliphatic rings. The van der Waals surface area contributed by atoms with Gasteiger partial charge in [-0.2, -0.15) is 0 Å². The van der Waals surface area contributed by atoms with E-state index in [9.17, 15) is 4.79 Å². The molecule has 0 bridgehead atoms. The van der Waals surface area contributed by atoms with Crippen LogP contribution in [-0.2, 0) is 17.8 Å². The minimum absolute atomic E-state index is 0.123. The molecule has 0 spiro atoms. The molecule has 0 radical (unpaired) electrons. The zero-order chi connectivity index (χ0) is 16.4. The van der Waals surface area contributed by atoms with Crippen molar-refractivity contribution in [2.75, 3.05) is 13.7 Å². The lowest BCUT2D eigenvalue weighted by Gasteiger charge is -2.28. The number of nitrogens with zero attached hydrogens (tertiary/aromatic N) is 1. The predicted octanol–water partition coefficient (Wildman–Crippen LogP) is 2.65. The van der Waals surface area contributed by atoms with E-state index in [1.165, 1.54) is 11.1 Å². The van der Waals surface area contributed by atoms with E-state index in [0.29, 0.717) is 6.54 Å². The smallest absolute Gasteiger partial charge is 0.219 e. The third-order valence-corrected chi connectivity index (χ3v) is 4.50. The fraction of sp³-hybridized carbons (Fsp3) is 0.316. The normalized spacial score (nSPS) is 15.0. The number of hydrogen-bond acceptors (Lipinski definition) is 3. The molecular formula is C19H22N2O2. The number of methoxy groups -OCH3 is 1. The SMILES string of the molecule is COc1cccc(C(N)c2ccc3c(c2)CN(C(C)=O)CC3)c1. The lowest BCUT2D eigenvalue weighted by atomic mass is 9.92. The Morgan fingerprint density at radius 3 is 2.70 bits per heavy atom. The highest BCUT2D eigenvalue weighted by atomic mass is 16.5. The summed E-state index contributed by atoms with van der Waals surface area (Å²) in [5, 5.41) is 0. The summed E-state index contributed by atoms with van der Waals surface area (Å²) in [6, 6.07) is 14.0. The van der Waals surface area contributed by atoms with E-state index >= 15 is 0 Å². The monoisotopic (exact) mass is 310 g/mol. The summed E-state index contributed by atoms with van der Waals surface area (Å²) >= 11 is 0. The Labute approximate surface area is 136 Å². The standard InChI is InChI=1S/C19H22N2O2/c1-13(22)21-9-8-14-6-7-16(10-17(14)12-21)19(20)15-4-3-5-18(11-15)23-2/h3-7,10-11,19H,8-9,12,20H2,1-2H3. The molecule has 0 saturated carbocycles. The van der Waals surface area contributed by atoms with Gasteiger partial charge in [0.25, 0.3) is 0 Å². The summed E-state index contributed by atoms with van der Waals surface area (Å²) in [4.78, 5) is 13.5. The van der Waals surface area contributed by atoms with Gasteiger partial charge in [-0.05, 0) is 40.8 Å². The Kier molecular flexibility index (Phi) is 4.35. The second-order valence-corrected chi connectivity index (χ2v) is 5.97. The Balaban J connectivity index is 1.89. The van der Waals surface area contributed by atoms with E-state index in [1.54, 1.807) is 14.0 Å². The molecule has 1 heterocycles. The number of amides is 1. The van der Waals surface area contributed by atoms with Gasteiger partial charge in [-0.25, -0.2) is 0 Å². The topological polar surface area (TPSA) is 55.6 Å². The van der Waals surface area contributed by atoms with Crippen LogP contribution < -0.4 is 10.5 Å². The maximum absolute atomic E-state index is 11.6. The second kappa shape index (κ2) is 6.42. The molecule has 2 N–H and O–H groups in total. The summed E-state index contributed by atoms with van der Waals surface area (Å²) in [7, 11) is 1.65. The van der Waals surface area contributed by atoms with Gasteiger partial charge in [-0.15, -0.1) is 0 Å². The molecule has 4 heteroatoms. The van der Waals surface area contributed by atoms with Crippen LogP contribution in [0.3, 0.4) is 0 Å². The molecule has 4 nitrogen and oxygen atoms in total. The first-order valence-electron chi connectivity index (χ1n) is 7.85. The molecule has 23 heavy (non-hydrogen) atoms. The number of benzene rings is 2. The average Bonchev–Trinajstić information content (AvgIpc) is 2.60. The number of rotatable bonds is 3. The van der Waals surface area contributed by atoms with E-state index < -0.39 is 0 Å². The number of carbonyl (C=O) groups excluding carboxylic acids is 1. The van der Waals surface area contributed by atoms with Crippen molar-refractivity contribution in [1.82, 2.24) is 4.90 Å². The lowest BCUT2D eigenvalue weighted by Crippen LogP contribution is -2.34. The van der Waals surface area contributed by atoms with Gasteiger partial charge in [-0.1, -0.05) is 30.3 Å². The summed E-state index contributed by atoms with van der Waals surface area (Å²) in [6.45, 7) is 3.09. The van der Waals surface area contributed by atoms with E-state index in [0.717, 1.165) is 29.8 Å². The van der Waals surface area contributed by atoms with Crippen molar-refractivity contribution in [2.24, 2.45) is 5.73 Å². The molecule has 120 valence electrons. The van der Waals surface area contributed by atoms with Gasteiger partial charge in [0.05, 0.1) is 13.2 Å². The van der Waals surface area contributed by atoms with Crippen LogP contribution >= 0.6 is 0 Å². The number of ether oxygens (including phenoxy) is 1. The maximum atomic E-state index is 11.6. The van der Waals surface area contributed by atoms with Gasteiger partial charge < -0.3 is 15.4 Å². The Morgan fingerprint density at radius 2 is 1.96 bits per heavy atom. The molecule has 3 rings (SSSR count). The van der Waals surface area contributed by atoms with Crippen molar-refractivity contribution in [2.45, 2.75) is 25.9 Å². The van der Waals surface area contributed by atoms with Crippen LogP contribution in [0, 0.1) is 0 Å². The van der Waals surface area contributed by atoms with Crippen molar-refractivity contribution in [1.29, 1.82) is 0 Å². The van der Waals surface area contributed by atoms with Gasteiger partial charge >= 0.3 is 0 Å². The number of fused-ring (bicyclic) bond motifs is 1. The van der Waals surface area contributed by atoms with Crippen LogP contribution in [-0.4, -0.2) is 24.5 Å². The van der Waals surface area contributed by atoms with Crippen LogP contribution in [0.5, 0.6) is 5.75 Å². The number of carbonyl (C=O) groups is 1. The maximum Gasteiger partial charge on any atom is 0.219 e. The Morgan fingerprint density at radius 1 is 1.17 bits per heavy atom. The molecule has 1 amide bonds. The molecular weight excluding hydrogens is 288 g/mol. The zero-order valence-corrected chi connectivity index (χ0v) is 13.6. The van der Waals surface area contributed by atoms with E-state index in [-0.39, 0.29) is 11.9 Å². The molecule has 1 unspecified atom stereocenters. The van der Waals surface area contributed by atoms with Crippen molar-refractivity contribution in [3.63, 3.8) is 0 Å². The van der Waals surface area contributed by atoms with E-state index in [4.69, 9.17) is 10.5 Å². The predicted molar refractivity (Wildman–Crippen MR) is 90.3 cm³/mol. The van der Waals surface area contributed by atoms with Crippen LogP contribution in [0.2, 0.25) is 0 Å². The van der Waals surface area contributed by atoms with Gasteiger partial charge in [0.1, 0.15) is 5.75 Å². The van der Waals surface area contributed by atoms with Crippen LogP contribution in [0.4, 0.5) is 0 Å². The fourth-order valence-corrected chi connectivity index (χ4v) is 3.07. The first kappa shape index (κ1) is 15.6. The van der Waals surface area contributed by atoms with Crippen molar-refractivity contribution >= 4 is 5.91 Å².